The van der Waals surface area contributed by atoms with Crippen LogP contribution in [0.2, 0.25) is 0 Å². The van der Waals surface area contributed by atoms with Crippen molar-refractivity contribution in [2.75, 3.05) is 6.54 Å². The molecule has 0 aromatic carbocycles. The van der Waals surface area contributed by atoms with E-state index in [1.807, 2.05) is 18.4 Å². The highest BCUT2D eigenvalue weighted by molar-refractivity contribution is 9.10. The Morgan fingerprint density at radius 2 is 2.54 bits per heavy atom. The molecule has 0 bridgehead atoms. The van der Waals surface area contributed by atoms with E-state index in [0.717, 1.165) is 15.1 Å². The Morgan fingerprint density at radius 1 is 1.77 bits per heavy atom. The second-order valence-corrected chi connectivity index (χ2v) is 4.45. The average molecular weight is 263 g/mol. The number of thiophene rings is 1. The minimum absolute atomic E-state index is 0.439. The number of oxime groups is 1. The zero-order chi connectivity index (χ0) is 9.68. The molecule has 1 aromatic heterocycles. The fourth-order valence-corrected chi connectivity index (χ4v) is 2.03. The maximum absolute atomic E-state index is 5.34. The van der Waals surface area contributed by atoms with Crippen LogP contribution in [0.15, 0.2) is 21.1 Å². The number of hydrogen-bond acceptors (Lipinski definition) is 4. The van der Waals surface area contributed by atoms with Crippen molar-refractivity contribution in [2.24, 2.45) is 10.9 Å². The van der Waals surface area contributed by atoms with Crippen LogP contribution >= 0.6 is 27.3 Å². The van der Waals surface area contributed by atoms with E-state index >= 15 is 0 Å². The van der Waals surface area contributed by atoms with Gasteiger partial charge < -0.3 is 10.6 Å². The Bertz CT molecular complexity index is 298. The molecule has 2 N–H and O–H groups in total. The fraction of sp³-hybridized carbons (Fsp3) is 0.375. The Morgan fingerprint density at radius 3 is 3.08 bits per heavy atom. The van der Waals surface area contributed by atoms with Gasteiger partial charge in [0.2, 0.25) is 0 Å². The van der Waals surface area contributed by atoms with Crippen LogP contribution in [0.4, 0.5) is 0 Å². The van der Waals surface area contributed by atoms with Crippen LogP contribution in [0.1, 0.15) is 11.8 Å². The highest BCUT2D eigenvalue weighted by atomic mass is 79.9. The van der Waals surface area contributed by atoms with Crippen molar-refractivity contribution < 1.29 is 4.84 Å². The lowest BCUT2D eigenvalue weighted by molar-refractivity contribution is 0.132. The molecule has 0 radical (unpaired) electrons. The summed E-state index contributed by atoms with van der Waals surface area (Å²) < 4.78 is 1.08. The lowest BCUT2D eigenvalue weighted by Gasteiger charge is -1.97. The summed E-state index contributed by atoms with van der Waals surface area (Å²) in [5.74, 6) is 0. The van der Waals surface area contributed by atoms with Crippen LogP contribution in [0.25, 0.3) is 0 Å². The van der Waals surface area contributed by atoms with Crippen LogP contribution in [-0.2, 0) is 11.4 Å². The summed E-state index contributed by atoms with van der Waals surface area (Å²) >= 11 is 5.00. The zero-order valence-corrected chi connectivity index (χ0v) is 9.69. The van der Waals surface area contributed by atoms with E-state index in [0.29, 0.717) is 13.2 Å². The molecule has 5 heteroatoms. The first-order valence-electron chi connectivity index (χ1n) is 3.81. The van der Waals surface area contributed by atoms with Gasteiger partial charge in [0.05, 0.1) is 5.71 Å². The molecule has 13 heavy (non-hydrogen) atoms. The molecule has 0 aliphatic rings. The molecule has 1 heterocycles. The fourth-order valence-electron chi connectivity index (χ4n) is 0.673. The smallest absolute Gasteiger partial charge is 0.151 e. The molecule has 3 nitrogen and oxygen atoms in total. The van der Waals surface area contributed by atoms with Gasteiger partial charge in [-0.2, -0.15) is 0 Å². The van der Waals surface area contributed by atoms with Gasteiger partial charge in [0, 0.05) is 21.3 Å². The summed E-state index contributed by atoms with van der Waals surface area (Å²) in [6.07, 6.45) is 0. The topological polar surface area (TPSA) is 47.6 Å². The van der Waals surface area contributed by atoms with Gasteiger partial charge in [-0.3, -0.25) is 0 Å². The van der Waals surface area contributed by atoms with Gasteiger partial charge in [-0.1, -0.05) is 5.16 Å². The van der Waals surface area contributed by atoms with Crippen molar-refractivity contribution in [1.29, 1.82) is 0 Å². The van der Waals surface area contributed by atoms with Crippen molar-refractivity contribution in [3.63, 3.8) is 0 Å². The SMILES string of the molecule is CC(CN)=NOCc1cc(Br)cs1. The second-order valence-electron chi connectivity index (χ2n) is 2.54. The normalized spacial score (nSPS) is 11.8. The summed E-state index contributed by atoms with van der Waals surface area (Å²) in [4.78, 5) is 6.22. The van der Waals surface area contributed by atoms with Crippen molar-refractivity contribution in [2.45, 2.75) is 13.5 Å². The van der Waals surface area contributed by atoms with Crippen LogP contribution in [0, 0.1) is 0 Å². The number of nitrogens with two attached hydrogens (primary N) is 1. The van der Waals surface area contributed by atoms with Gasteiger partial charge in [-0.15, -0.1) is 11.3 Å². The van der Waals surface area contributed by atoms with Crippen LogP contribution in [-0.4, -0.2) is 12.3 Å². The maximum Gasteiger partial charge on any atom is 0.151 e. The number of halogens is 1. The minimum atomic E-state index is 0.439. The monoisotopic (exact) mass is 262 g/mol. The van der Waals surface area contributed by atoms with E-state index in [9.17, 15) is 0 Å². The predicted molar refractivity (Wildman–Crippen MR) is 59.0 cm³/mol. The zero-order valence-electron chi connectivity index (χ0n) is 7.29. The molecule has 1 aromatic rings. The van der Waals surface area contributed by atoms with E-state index in [4.69, 9.17) is 10.6 Å². The number of rotatable bonds is 4. The Balaban J connectivity index is 2.35. The second kappa shape index (κ2) is 5.36. The molecule has 0 saturated carbocycles. The van der Waals surface area contributed by atoms with E-state index in [-0.39, 0.29) is 0 Å². The van der Waals surface area contributed by atoms with Gasteiger partial charge in [-0.25, -0.2) is 0 Å². The summed E-state index contributed by atoms with van der Waals surface area (Å²) in [6, 6.07) is 2.01. The lowest BCUT2D eigenvalue weighted by Crippen LogP contribution is -2.09. The number of hydrogen-bond donors (Lipinski definition) is 1. The molecule has 0 unspecified atom stereocenters. The molecule has 0 aliphatic heterocycles. The highest BCUT2D eigenvalue weighted by Gasteiger charge is 1.97. The number of nitrogens with zero attached hydrogens (tertiary/aromatic N) is 1. The van der Waals surface area contributed by atoms with Crippen molar-refractivity contribution in [3.05, 3.63) is 20.8 Å². The molecular weight excluding hydrogens is 252 g/mol. The molecule has 0 spiro atoms. The van der Waals surface area contributed by atoms with Crippen molar-refractivity contribution >= 4 is 33.0 Å². The van der Waals surface area contributed by atoms with Crippen molar-refractivity contribution in [1.82, 2.24) is 0 Å². The van der Waals surface area contributed by atoms with Crippen LogP contribution in [0.5, 0.6) is 0 Å². The third-order valence-corrected chi connectivity index (χ3v) is 3.02. The molecule has 0 amide bonds. The molecular formula is C8H11BrN2OS. The van der Waals surface area contributed by atoms with Crippen molar-refractivity contribution in [3.8, 4) is 0 Å². The molecule has 72 valence electrons. The quantitative estimate of drug-likeness (QED) is 0.669. The molecule has 0 fully saturated rings. The van der Waals surface area contributed by atoms with E-state index < -0.39 is 0 Å². The third-order valence-electron chi connectivity index (χ3n) is 1.34. The van der Waals surface area contributed by atoms with Gasteiger partial charge in [0.25, 0.3) is 0 Å². The summed E-state index contributed by atoms with van der Waals surface area (Å²) in [6.45, 7) is 2.78. The third kappa shape index (κ3) is 3.89. The first-order chi connectivity index (χ1) is 6.22. The minimum Gasteiger partial charge on any atom is -0.390 e. The Hall–Kier alpha value is -0.390. The summed E-state index contributed by atoms with van der Waals surface area (Å²) in [7, 11) is 0. The molecule has 0 atom stereocenters. The largest absolute Gasteiger partial charge is 0.390 e. The van der Waals surface area contributed by atoms with Gasteiger partial charge in [-0.05, 0) is 28.9 Å². The van der Waals surface area contributed by atoms with Crippen LogP contribution in [0.3, 0.4) is 0 Å². The maximum atomic E-state index is 5.34. The first kappa shape index (κ1) is 10.7. The van der Waals surface area contributed by atoms with Gasteiger partial charge in [0.1, 0.15) is 0 Å². The lowest BCUT2D eigenvalue weighted by atomic mass is 10.4. The van der Waals surface area contributed by atoms with Crippen LogP contribution < -0.4 is 5.73 Å². The summed E-state index contributed by atoms with van der Waals surface area (Å²) in [5, 5.41) is 5.84. The van der Waals surface area contributed by atoms with Gasteiger partial charge >= 0.3 is 0 Å². The predicted octanol–water partition coefficient (Wildman–Crippen LogP) is 2.36. The van der Waals surface area contributed by atoms with E-state index in [2.05, 4.69) is 21.1 Å². The van der Waals surface area contributed by atoms with E-state index in [1.165, 1.54) is 0 Å². The molecule has 0 aliphatic carbocycles. The first-order valence-corrected chi connectivity index (χ1v) is 5.48. The standard InChI is InChI=1S/C8H11BrN2OS/c1-6(3-10)11-12-4-8-2-7(9)5-13-8/h2,5H,3-4,10H2,1H3. The Labute approximate surface area is 89.7 Å². The molecule has 0 saturated heterocycles. The average Bonchev–Trinajstić information content (AvgIpc) is 2.51. The van der Waals surface area contributed by atoms with Gasteiger partial charge in [0.15, 0.2) is 6.61 Å². The Kier molecular flexibility index (Phi) is 4.41. The highest BCUT2D eigenvalue weighted by Crippen LogP contribution is 2.20. The van der Waals surface area contributed by atoms with E-state index in [1.54, 1.807) is 11.3 Å². The molecule has 1 rings (SSSR count). The summed E-state index contributed by atoms with van der Waals surface area (Å²) in [5.41, 5.74) is 6.14.